The molecular weight excluding hydrogens is 184 g/mol. The molecule has 0 heterocycles. The number of esters is 1. The third-order valence-corrected chi connectivity index (χ3v) is 2.75. The lowest BCUT2D eigenvalue weighted by Gasteiger charge is -2.34. The van der Waals surface area contributed by atoms with Gasteiger partial charge in [-0.05, 0) is 0 Å². The van der Waals surface area contributed by atoms with Gasteiger partial charge in [0.15, 0.2) is 5.79 Å². The maximum atomic E-state index is 11.5. The number of carbonyl (C=O) groups is 1. The maximum absolute atomic E-state index is 11.5. The molecule has 14 heavy (non-hydrogen) atoms. The summed E-state index contributed by atoms with van der Waals surface area (Å²) in [7, 11) is 4.42. The molecule has 0 spiro atoms. The van der Waals surface area contributed by atoms with Crippen molar-refractivity contribution < 1.29 is 19.0 Å². The average molecular weight is 200 g/mol. The second-order valence-electron chi connectivity index (χ2n) is 3.30. The first-order valence-electron chi connectivity index (χ1n) is 4.48. The van der Waals surface area contributed by atoms with Crippen molar-refractivity contribution >= 4 is 5.97 Å². The number of hydrogen-bond acceptors (Lipinski definition) is 4. The topological polar surface area (TPSA) is 44.8 Å². The van der Waals surface area contributed by atoms with E-state index in [1.54, 1.807) is 6.08 Å². The first-order valence-corrected chi connectivity index (χ1v) is 4.48. The third kappa shape index (κ3) is 1.44. The van der Waals surface area contributed by atoms with Gasteiger partial charge in [0.05, 0.1) is 7.11 Å². The van der Waals surface area contributed by atoms with Crippen LogP contribution in [0.25, 0.3) is 0 Å². The lowest BCUT2D eigenvalue weighted by molar-refractivity contribution is -0.246. The molecule has 80 valence electrons. The van der Waals surface area contributed by atoms with Crippen LogP contribution in [0.15, 0.2) is 12.2 Å². The molecular formula is C10H16O4. The molecule has 4 heteroatoms. The summed E-state index contributed by atoms with van der Waals surface area (Å²) in [6.07, 6.45) is 3.66. The van der Waals surface area contributed by atoms with Gasteiger partial charge in [0.2, 0.25) is 0 Å². The molecule has 4 nitrogen and oxygen atoms in total. The minimum absolute atomic E-state index is 0.0293. The zero-order valence-electron chi connectivity index (χ0n) is 8.94. The van der Waals surface area contributed by atoms with Crippen molar-refractivity contribution in [2.24, 2.45) is 11.8 Å². The van der Waals surface area contributed by atoms with Crippen LogP contribution in [-0.4, -0.2) is 33.1 Å². The summed E-state index contributed by atoms with van der Waals surface area (Å²) in [4.78, 5) is 11.5. The number of hydrogen-bond donors (Lipinski definition) is 0. The summed E-state index contributed by atoms with van der Waals surface area (Å²) in [5, 5.41) is 0. The van der Waals surface area contributed by atoms with Crippen LogP contribution in [0.5, 0.6) is 0 Å². The van der Waals surface area contributed by atoms with E-state index in [2.05, 4.69) is 0 Å². The summed E-state index contributed by atoms with van der Waals surface area (Å²) < 4.78 is 15.3. The molecule has 0 N–H and O–H groups in total. The molecule has 0 aliphatic heterocycles. The van der Waals surface area contributed by atoms with Crippen molar-refractivity contribution in [2.75, 3.05) is 21.3 Å². The lowest BCUT2D eigenvalue weighted by Crippen LogP contribution is -2.46. The average Bonchev–Trinajstić information content (AvgIpc) is 2.55. The molecule has 1 rings (SSSR count). The fourth-order valence-corrected chi connectivity index (χ4v) is 1.91. The van der Waals surface area contributed by atoms with E-state index in [0.29, 0.717) is 0 Å². The molecule has 2 atom stereocenters. The van der Waals surface area contributed by atoms with Crippen LogP contribution < -0.4 is 0 Å². The Labute approximate surface area is 83.8 Å². The molecule has 0 aromatic heterocycles. The van der Waals surface area contributed by atoms with Crippen molar-refractivity contribution in [3.63, 3.8) is 0 Å². The summed E-state index contributed by atoms with van der Waals surface area (Å²) in [5.41, 5.74) is 0. The van der Waals surface area contributed by atoms with Crippen molar-refractivity contribution in [2.45, 2.75) is 12.7 Å². The first kappa shape index (κ1) is 11.2. The van der Waals surface area contributed by atoms with E-state index in [1.165, 1.54) is 21.3 Å². The van der Waals surface area contributed by atoms with E-state index in [9.17, 15) is 4.79 Å². The highest BCUT2D eigenvalue weighted by molar-refractivity contribution is 5.76. The second kappa shape index (κ2) is 4.11. The van der Waals surface area contributed by atoms with Gasteiger partial charge >= 0.3 is 5.97 Å². The predicted octanol–water partition coefficient (Wildman–Crippen LogP) is 0.971. The van der Waals surface area contributed by atoms with Crippen molar-refractivity contribution in [3.05, 3.63) is 12.2 Å². The molecule has 0 fully saturated rings. The van der Waals surface area contributed by atoms with Crippen LogP contribution in [0.4, 0.5) is 0 Å². The van der Waals surface area contributed by atoms with Gasteiger partial charge in [-0.15, -0.1) is 0 Å². The minimum Gasteiger partial charge on any atom is -0.468 e. The summed E-state index contributed by atoms with van der Waals surface area (Å²) in [6.45, 7) is 1.94. The zero-order valence-corrected chi connectivity index (χ0v) is 8.94. The van der Waals surface area contributed by atoms with E-state index in [1.807, 2.05) is 13.0 Å². The van der Waals surface area contributed by atoms with Crippen molar-refractivity contribution in [1.82, 2.24) is 0 Å². The molecule has 0 saturated heterocycles. The van der Waals surface area contributed by atoms with Crippen LogP contribution in [0, 0.1) is 11.8 Å². The van der Waals surface area contributed by atoms with Crippen LogP contribution in [-0.2, 0) is 19.0 Å². The molecule has 0 bridgehead atoms. The van der Waals surface area contributed by atoms with Gasteiger partial charge in [-0.25, -0.2) is 0 Å². The standard InChI is InChI=1S/C10H16O4/c1-7-5-6-8(9(11)12-2)10(7,13-3)14-4/h5-8H,1-4H3/t7-,8-/m0/s1. The zero-order chi connectivity index (χ0) is 10.8. The Kier molecular flexibility index (Phi) is 3.29. The fourth-order valence-electron chi connectivity index (χ4n) is 1.91. The van der Waals surface area contributed by atoms with Gasteiger partial charge in [-0.2, -0.15) is 0 Å². The monoisotopic (exact) mass is 200 g/mol. The smallest absolute Gasteiger partial charge is 0.318 e. The summed E-state index contributed by atoms with van der Waals surface area (Å²) in [6, 6.07) is 0. The maximum Gasteiger partial charge on any atom is 0.318 e. The molecule has 0 aromatic carbocycles. The number of methoxy groups -OCH3 is 3. The highest BCUT2D eigenvalue weighted by Gasteiger charge is 2.50. The molecule has 1 aliphatic rings. The van der Waals surface area contributed by atoms with Crippen LogP contribution in [0.2, 0.25) is 0 Å². The normalized spacial score (nSPS) is 29.1. The Bertz CT molecular complexity index is 243. The molecule has 0 amide bonds. The SMILES string of the molecule is COC(=O)[C@@H]1C=C[C@H](C)C1(OC)OC. The largest absolute Gasteiger partial charge is 0.468 e. The Hall–Kier alpha value is -0.870. The van der Waals surface area contributed by atoms with Gasteiger partial charge in [-0.1, -0.05) is 19.1 Å². The number of carbonyl (C=O) groups excluding carboxylic acids is 1. The second-order valence-corrected chi connectivity index (χ2v) is 3.30. The highest BCUT2D eigenvalue weighted by Crippen LogP contribution is 2.38. The summed E-state index contributed by atoms with van der Waals surface area (Å²) >= 11 is 0. The van der Waals surface area contributed by atoms with Crippen LogP contribution in [0.3, 0.4) is 0 Å². The molecule has 0 aromatic rings. The minimum atomic E-state index is -0.910. The van der Waals surface area contributed by atoms with E-state index < -0.39 is 11.7 Å². The first-order chi connectivity index (χ1) is 6.62. The summed E-state index contributed by atoms with van der Waals surface area (Å²) in [5.74, 6) is -1.71. The van der Waals surface area contributed by atoms with Gasteiger partial charge in [-0.3, -0.25) is 4.79 Å². The Morgan fingerprint density at radius 3 is 2.21 bits per heavy atom. The van der Waals surface area contributed by atoms with E-state index >= 15 is 0 Å². The predicted molar refractivity (Wildman–Crippen MR) is 50.6 cm³/mol. The van der Waals surface area contributed by atoms with Gasteiger partial charge in [0, 0.05) is 20.1 Å². The third-order valence-electron chi connectivity index (χ3n) is 2.75. The van der Waals surface area contributed by atoms with Crippen LogP contribution in [0.1, 0.15) is 6.92 Å². The lowest BCUT2D eigenvalue weighted by atomic mass is 9.95. The van der Waals surface area contributed by atoms with Gasteiger partial charge in [0.1, 0.15) is 5.92 Å². The van der Waals surface area contributed by atoms with Crippen molar-refractivity contribution in [3.8, 4) is 0 Å². The molecule has 1 aliphatic carbocycles. The van der Waals surface area contributed by atoms with E-state index in [-0.39, 0.29) is 11.9 Å². The van der Waals surface area contributed by atoms with E-state index in [0.717, 1.165) is 0 Å². The highest BCUT2D eigenvalue weighted by atomic mass is 16.7. The van der Waals surface area contributed by atoms with Gasteiger partial charge < -0.3 is 14.2 Å². The number of rotatable bonds is 3. The quantitative estimate of drug-likeness (QED) is 0.387. The van der Waals surface area contributed by atoms with Gasteiger partial charge in [0.25, 0.3) is 0 Å². The Morgan fingerprint density at radius 2 is 1.79 bits per heavy atom. The number of ether oxygens (including phenoxy) is 3. The molecule has 0 saturated carbocycles. The van der Waals surface area contributed by atoms with Crippen LogP contribution >= 0.6 is 0 Å². The Morgan fingerprint density at radius 1 is 1.21 bits per heavy atom. The van der Waals surface area contributed by atoms with Crippen molar-refractivity contribution in [1.29, 1.82) is 0 Å². The molecule has 0 unspecified atom stereocenters. The fraction of sp³-hybridized carbons (Fsp3) is 0.700. The Balaban J connectivity index is 2.95. The van der Waals surface area contributed by atoms with E-state index in [4.69, 9.17) is 14.2 Å². The molecule has 0 radical (unpaired) electrons.